The van der Waals surface area contributed by atoms with Crippen LogP contribution in [0.4, 0.5) is 13.2 Å². The first kappa shape index (κ1) is 23.2. The zero-order chi connectivity index (χ0) is 27.6. The third-order valence-corrected chi connectivity index (χ3v) is 11.8. The molecule has 8 aliphatic carbocycles. The molecule has 0 radical (unpaired) electrons. The summed E-state index contributed by atoms with van der Waals surface area (Å²) in [7, 11) is 3.14. The lowest BCUT2D eigenvalue weighted by Gasteiger charge is -3.10. The Morgan fingerprint density at radius 1 is 0.902 bits per heavy atom. The van der Waals surface area contributed by atoms with E-state index in [4.69, 9.17) is 19.2 Å². The molecule has 8 aliphatic rings. The van der Waals surface area contributed by atoms with Crippen LogP contribution in [0.25, 0.3) is 11.4 Å². The Hall–Kier alpha value is -3.44. The van der Waals surface area contributed by atoms with Crippen LogP contribution >= 0.6 is 0 Å². The van der Waals surface area contributed by atoms with E-state index < -0.39 is 11.9 Å². The van der Waals surface area contributed by atoms with Crippen molar-refractivity contribution in [1.29, 1.82) is 0 Å². The molecule has 11 rings (SSSR count). The topological polar surface area (TPSA) is 97.1 Å². The molecule has 3 aromatic rings. The van der Waals surface area contributed by atoms with Gasteiger partial charge in [0.05, 0.1) is 32.7 Å². The number of aromatic nitrogens is 6. The minimum atomic E-state index is -4.41. The fourth-order valence-electron chi connectivity index (χ4n) is 10.3. The molecular weight excluding hydrogens is 537 g/mol. The Morgan fingerprint density at radius 3 is 2.24 bits per heavy atom. The molecule has 8 fully saturated rings. The first-order valence-corrected chi connectivity index (χ1v) is 14.4. The molecule has 9 nitrogen and oxygen atoms in total. The number of rotatable bonds is 9. The van der Waals surface area contributed by atoms with E-state index in [2.05, 4.69) is 19.9 Å². The highest BCUT2D eigenvalue weighted by Gasteiger charge is 3.10. The number of ether oxygens (including phenoxy) is 3. The van der Waals surface area contributed by atoms with Gasteiger partial charge in [0.1, 0.15) is 17.7 Å². The molecule has 3 aromatic heterocycles. The van der Waals surface area contributed by atoms with Crippen molar-refractivity contribution < 1.29 is 27.4 Å². The Balaban J connectivity index is 0.926. The number of imidazole rings is 1. The van der Waals surface area contributed by atoms with E-state index in [1.165, 1.54) is 12.5 Å². The SMILES string of the molecule is COc1cnc(-c2c(OC)ncnc2C2CC2)nc1OCC12C3C4C1C1C2C3C41c1nc(C(F)(F)F)cn1C1CC1. The van der Waals surface area contributed by atoms with Gasteiger partial charge in [-0.2, -0.15) is 18.2 Å². The number of methoxy groups -OCH3 is 2. The van der Waals surface area contributed by atoms with Crippen molar-refractivity contribution in [2.75, 3.05) is 20.8 Å². The van der Waals surface area contributed by atoms with Gasteiger partial charge in [-0.25, -0.2) is 19.9 Å². The summed E-state index contributed by atoms with van der Waals surface area (Å²) in [6, 6.07) is 0.181. The van der Waals surface area contributed by atoms with E-state index in [0.29, 0.717) is 76.9 Å². The van der Waals surface area contributed by atoms with Crippen molar-refractivity contribution in [2.24, 2.45) is 40.9 Å². The molecule has 0 atom stereocenters. The Kier molecular flexibility index (Phi) is 3.93. The van der Waals surface area contributed by atoms with Gasteiger partial charge in [0.25, 0.3) is 5.88 Å². The summed E-state index contributed by atoms with van der Waals surface area (Å²) >= 11 is 0. The Morgan fingerprint density at radius 2 is 1.63 bits per heavy atom. The molecule has 0 aliphatic heterocycles. The van der Waals surface area contributed by atoms with E-state index in [1.54, 1.807) is 20.4 Å². The van der Waals surface area contributed by atoms with Crippen LogP contribution in [0.1, 0.15) is 54.9 Å². The van der Waals surface area contributed by atoms with Gasteiger partial charge in [0.2, 0.25) is 5.88 Å². The molecule has 0 N–H and O–H groups in total. The molecule has 0 spiro atoms. The van der Waals surface area contributed by atoms with Crippen molar-refractivity contribution in [2.45, 2.75) is 49.2 Å². The Labute approximate surface area is 232 Å². The van der Waals surface area contributed by atoms with Crippen molar-refractivity contribution in [3.05, 3.63) is 35.9 Å². The smallest absolute Gasteiger partial charge is 0.434 e. The summed E-state index contributed by atoms with van der Waals surface area (Å²) in [5.41, 5.74) is 0.819. The number of hydrogen-bond acceptors (Lipinski definition) is 8. The highest BCUT2D eigenvalue weighted by molar-refractivity contribution is 5.67. The molecule has 8 saturated carbocycles. The van der Waals surface area contributed by atoms with Gasteiger partial charge in [-0.3, -0.25) is 0 Å². The third kappa shape index (κ3) is 2.38. The molecule has 0 saturated heterocycles. The fourth-order valence-corrected chi connectivity index (χ4v) is 10.3. The monoisotopic (exact) mass is 564 g/mol. The summed E-state index contributed by atoms with van der Waals surface area (Å²) in [5.74, 6) is 5.57. The van der Waals surface area contributed by atoms with Crippen LogP contribution in [0.5, 0.6) is 17.5 Å². The van der Waals surface area contributed by atoms with Gasteiger partial charge in [-0.05, 0) is 61.2 Å². The number of nitrogens with zero attached hydrogens (tertiary/aromatic N) is 6. The molecule has 3 heterocycles. The van der Waals surface area contributed by atoms with Crippen LogP contribution in [-0.4, -0.2) is 50.3 Å². The van der Waals surface area contributed by atoms with Crippen LogP contribution in [0, 0.1) is 40.9 Å². The summed E-state index contributed by atoms with van der Waals surface area (Å²) in [6.07, 6.45) is 3.99. The summed E-state index contributed by atoms with van der Waals surface area (Å²) in [4.78, 5) is 22.4. The van der Waals surface area contributed by atoms with Gasteiger partial charge in [-0.15, -0.1) is 0 Å². The summed E-state index contributed by atoms with van der Waals surface area (Å²) in [5, 5.41) is 0. The normalized spacial score (nSPS) is 38.1. The minimum absolute atomic E-state index is 0.106. The largest absolute Gasteiger partial charge is 0.490 e. The van der Waals surface area contributed by atoms with E-state index in [1.807, 2.05) is 4.57 Å². The zero-order valence-electron chi connectivity index (χ0n) is 22.4. The predicted molar refractivity (Wildman–Crippen MR) is 134 cm³/mol. The second-order valence-corrected chi connectivity index (χ2v) is 13.1. The first-order valence-electron chi connectivity index (χ1n) is 14.4. The number of halogens is 3. The van der Waals surface area contributed by atoms with Gasteiger partial charge in [0.15, 0.2) is 17.3 Å². The molecule has 0 bridgehead atoms. The van der Waals surface area contributed by atoms with Crippen molar-refractivity contribution in [3.8, 4) is 28.9 Å². The molecule has 0 unspecified atom stereocenters. The van der Waals surface area contributed by atoms with Gasteiger partial charge in [-0.1, -0.05) is 0 Å². The van der Waals surface area contributed by atoms with Crippen LogP contribution in [0.2, 0.25) is 0 Å². The predicted octanol–water partition coefficient (Wildman–Crippen LogP) is 4.45. The van der Waals surface area contributed by atoms with Crippen LogP contribution in [0.15, 0.2) is 18.7 Å². The van der Waals surface area contributed by atoms with Gasteiger partial charge >= 0.3 is 6.18 Å². The van der Waals surface area contributed by atoms with Crippen LogP contribution in [-0.2, 0) is 11.6 Å². The third-order valence-electron chi connectivity index (χ3n) is 11.8. The lowest BCUT2D eigenvalue weighted by molar-refractivity contribution is -0.632. The van der Waals surface area contributed by atoms with Crippen molar-refractivity contribution >= 4 is 0 Å². The average Bonchev–Trinajstić information content (AvgIpc) is 3.93. The quantitative estimate of drug-likeness (QED) is 0.376. The van der Waals surface area contributed by atoms with Crippen molar-refractivity contribution in [1.82, 2.24) is 29.5 Å². The lowest BCUT2D eigenvalue weighted by Crippen LogP contribution is -3.12. The molecule has 12 heteroatoms. The number of alkyl halides is 3. The average molecular weight is 565 g/mol. The van der Waals surface area contributed by atoms with Gasteiger partial charge in [0, 0.05) is 29.0 Å². The molecule has 0 aromatic carbocycles. The minimum Gasteiger partial charge on any atom is -0.490 e. The molecule has 41 heavy (non-hydrogen) atoms. The molecular formula is C29H27F3N6O3. The standard InChI is InChI=1S/C29H27F3N6O3/c1-39-13-7-33-23(15-22(11-3-4-11)34-10-35-25(15)40-2)37-24(13)41-9-27-16-19-17(27)21-18(27)20(16)28(19,21)26-36-14(29(30,31)32)8-38(26)12-5-6-12/h7-8,10-12,16-21H,3-6,9H2,1-2H3. The first-order chi connectivity index (χ1) is 19.9. The zero-order valence-corrected chi connectivity index (χ0v) is 22.4. The second kappa shape index (κ2) is 6.95. The van der Waals surface area contributed by atoms with Crippen LogP contribution < -0.4 is 14.2 Å². The lowest BCUT2D eigenvalue weighted by atomic mass is 8.92. The Bertz CT molecular complexity index is 1610. The van der Waals surface area contributed by atoms with E-state index in [9.17, 15) is 13.2 Å². The van der Waals surface area contributed by atoms with Crippen molar-refractivity contribution in [3.63, 3.8) is 0 Å². The van der Waals surface area contributed by atoms with Gasteiger partial charge < -0.3 is 18.8 Å². The maximum atomic E-state index is 13.6. The summed E-state index contributed by atoms with van der Waals surface area (Å²) < 4.78 is 60.2. The maximum absolute atomic E-state index is 13.6. The number of hydrogen-bond donors (Lipinski definition) is 0. The summed E-state index contributed by atoms with van der Waals surface area (Å²) in [6.45, 7) is 0.530. The highest BCUT2D eigenvalue weighted by atomic mass is 19.4. The highest BCUT2D eigenvalue weighted by Crippen LogP contribution is 3.09. The molecule has 0 amide bonds. The second-order valence-electron chi connectivity index (χ2n) is 13.1. The maximum Gasteiger partial charge on any atom is 0.434 e. The van der Waals surface area contributed by atoms with E-state index in [-0.39, 0.29) is 16.9 Å². The van der Waals surface area contributed by atoms with Crippen LogP contribution in [0.3, 0.4) is 0 Å². The van der Waals surface area contributed by atoms with E-state index >= 15 is 0 Å². The molecule has 212 valence electrons. The fraction of sp³-hybridized carbons (Fsp3) is 0.621. The van der Waals surface area contributed by atoms with E-state index in [0.717, 1.165) is 37.2 Å².